The normalized spacial score (nSPS) is 26.5. The third-order valence-corrected chi connectivity index (χ3v) is 6.14. The fraction of sp³-hybridized carbons (Fsp3) is 0.417. The van der Waals surface area contributed by atoms with Gasteiger partial charge in [-0.1, -0.05) is 55.0 Å². The van der Waals surface area contributed by atoms with Crippen LogP contribution in [0.1, 0.15) is 48.0 Å². The van der Waals surface area contributed by atoms with Crippen LogP contribution < -0.4 is 5.32 Å². The third-order valence-electron chi connectivity index (χ3n) is 6.14. The zero-order valence-electron chi connectivity index (χ0n) is 16.8. The summed E-state index contributed by atoms with van der Waals surface area (Å²) in [5.74, 6) is -0.415. The molecular weight excluding hydrogens is 364 g/mol. The number of nitrogens with zero attached hydrogens (tertiary/aromatic N) is 1. The zero-order valence-corrected chi connectivity index (χ0v) is 16.8. The first-order valence-corrected chi connectivity index (χ1v) is 10.5. The Balaban J connectivity index is 1.71. The van der Waals surface area contributed by atoms with Crippen molar-refractivity contribution in [1.29, 1.82) is 0 Å². The second-order valence-corrected chi connectivity index (χ2v) is 7.80. The van der Waals surface area contributed by atoms with Crippen molar-refractivity contribution in [3.63, 3.8) is 0 Å². The standard InChI is InChI=1S/C24H28N2O3/c1-2-29-24(28)22-20(17-11-5-3-6-12-17)21(19-15-9-10-16-26(19)22)25-23(27)18-13-7-4-8-14-18/h3-8,11-14,19-22H,2,9-10,15-16H2,1H3,(H,25,27)/t19-,20-,21+,22+/m1/s1. The van der Waals surface area contributed by atoms with E-state index in [1.807, 2.05) is 55.5 Å². The van der Waals surface area contributed by atoms with Crippen molar-refractivity contribution in [2.45, 2.75) is 50.2 Å². The maximum absolute atomic E-state index is 13.0. The minimum atomic E-state index is -0.372. The molecular formula is C24H28N2O3. The second kappa shape index (κ2) is 8.78. The summed E-state index contributed by atoms with van der Waals surface area (Å²) in [5.41, 5.74) is 1.71. The predicted octanol–water partition coefficient (Wildman–Crippen LogP) is 3.37. The van der Waals surface area contributed by atoms with Gasteiger partial charge in [0.1, 0.15) is 6.04 Å². The van der Waals surface area contributed by atoms with Crippen LogP contribution in [-0.4, -0.2) is 48.1 Å². The number of amides is 1. The summed E-state index contributed by atoms with van der Waals surface area (Å²) in [6.45, 7) is 3.05. The van der Waals surface area contributed by atoms with E-state index in [9.17, 15) is 9.59 Å². The second-order valence-electron chi connectivity index (χ2n) is 7.80. The van der Waals surface area contributed by atoms with Gasteiger partial charge in [0.05, 0.1) is 12.6 Å². The van der Waals surface area contributed by atoms with Crippen molar-refractivity contribution in [1.82, 2.24) is 10.2 Å². The SMILES string of the molecule is CCOC(=O)[C@@H]1[C@H](c2ccccc2)[C@@H](NC(=O)c2ccccc2)[C@H]2CCCCN21. The number of ether oxygens (including phenoxy) is 1. The number of esters is 1. The summed E-state index contributed by atoms with van der Waals surface area (Å²) in [7, 11) is 0. The molecule has 0 spiro atoms. The first-order chi connectivity index (χ1) is 14.2. The van der Waals surface area contributed by atoms with Crippen molar-refractivity contribution in [3.05, 3.63) is 71.8 Å². The molecule has 0 unspecified atom stereocenters. The maximum atomic E-state index is 13.0. The van der Waals surface area contributed by atoms with E-state index in [4.69, 9.17) is 4.74 Å². The Morgan fingerprint density at radius 2 is 1.72 bits per heavy atom. The molecule has 5 nitrogen and oxygen atoms in total. The summed E-state index contributed by atoms with van der Waals surface area (Å²) in [6.07, 6.45) is 3.14. The number of rotatable bonds is 5. The Labute approximate surface area is 172 Å². The molecule has 1 N–H and O–H groups in total. The van der Waals surface area contributed by atoms with E-state index in [1.54, 1.807) is 0 Å². The topological polar surface area (TPSA) is 58.6 Å². The molecule has 29 heavy (non-hydrogen) atoms. The fourth-order valence-electron chi connectivity index (χ4n) is 4.94. The van der Waals surface area contributed by atoms with Crippen LogP contribution in [0.15, 0.2) is 60.7 Å². The molecule has 2 aromatic carbocycles. The number of hydrogen-bond donors (Lipinski definition) is 1. The number of hydrogen-bond acceptors (Lipinski definition) is 4. The third kappa shape index (κ3) is 3.92. The number of fused-ring (bicyclic) bond motifs is 1. The lowest BCUT2D eigenvalue weighted by Crippen LogP contribution is -2.49. The van der Waals surface area contributed by atoms with E-state index in [0.717, 1.165) is 31.4 Å². The van der Waals surface area contributed by atoms with Gasteiger partial charge in [0.2, 0.25) is 0 Å². The van der Waals surface area contributed by atoms with Crippen molar-refractivity contribution in [2.24, 2.45) is 0 Å². The molecule has 4 atom stereocenters. The Morgan fingerprint density at radius 1 is 1.03 bits per heavy atom. The molecule has 1 amide bonds. The maximum Gasteiger partial charge on any atom is 0.324 e. The average molecular weight is 392 g/mol. The van der Waals surface area contributed by atoms with Gasteiger partial charge in [0, 0.05) is 17.5 Å². The molecule has 2 heterocycles. The van der Waals surface area contributed by atoms with E-state index in [2.05, 4.69) is 22.3 Å². The Morgan fingerprint density at radius 3 is 2.41 bits per heavy atom. The van der Waals surface area contributed by atoms with Crippen LogP contribution in [0.2, 0.25) is 0 Å². The van der Waals surface area contributed by atoms with E-state index < -0.39 is 0 Å². The lowest BCUT2D eigenvalue weighted by atomic mass is 9.85. The zero-order chi connectivity index (χ0) is 20.2. The molecule has 0 radical (unpaired) electrons. The number of nitrogens with one attached hydrogen (secondary N) is 1. The average Bonchev–Trinajstić information content (AvgIpc) is 3.09. The van der Waals surface area contributed by atoms with E-state index in [1.165, 1.54) is 0 Å². The van der Waals surface area contributed by atoms with E-state index >= 15 is 0 Å². The molecule has 2 aliphatic rings. The molecule has 0 aliphatic carbocycles. The Hall–Kier alpha value is -2.66. The molecule has 5 heteroatoms. The predicted molar refractivity (Wildman–Crippen MR) is 112 cm³/mol. The molecule has 152 valence electrons. The molecule has 0 bridgehead atoms. The van der Waals surface area contributed by atoms with Crippen LogP contribution >= 0.6 is 0 Å². The minimum Gasteiger partial charge on any atom is -0.465 e. The monoisotopic (exact) mass is 392 g/mol. The van der Waals surface area contributed by atoms with Gasteiger partial charge in [-0.3, -0.25) is 14.5 Å². The molecule has 0 saturated carbocycles. The fourth-order valence-corrected chi connectivity index (χ4v) is 4.94. The van der Waals surface area contributed by atoms with Crippen molar-refractivity contribution in [3.8, 4) is 0 Å². The first kappa shape index (κ1) is 19.6. The summed E-state index contributed by atoms with van der Waals surface area (Å²) >= 11 is 0. The highest BCUT2D eigenvalue weighted by Crippen LogP contribution is 2.42. The molecule has 0 aromatic heterocycles. The smallest absolute Gasteiger partial charge is 0.324 e. The van der Waals surface area contributed by atoms with Crippen LogP contribution in [0.5, 0.6) is 0 Å². The van der Waals surface area contributed by atoms with E-state index in [0.29, 0.717) is 12.2 Å². The van der Waals surface area contributed by atoms with Crippen molar-refractivity contribution < 1.29 is 14.3 Å². The van der Waals surface area contributed by atoms with Gasteiger partial charge in [-0.2, -0.15) is 0 Å². The summed E-state index contributed by atoms with van der Waals surface area (Å²) in [6, 6.07) is 19.0. The van der Waals surface area contributed by atoms with Crippen LogP contribution in [0.3, 0.4) is 0 Å². The lowest BCUT2D eigenvalue weighted by Gasteiger charge is -2.34. The van der Waals surface area contributed by atoms with Gasteiger partial charge >= 0.3 is 5.97 Å². The van der Waals surface area contributed by atoms with Gasteiger partial charge in [-0.05, 0) is 44.0 Å². The highest BCUT2D eigenvalue weighted by Gasteiger charge is 2.54. The van der Waals surface area contributed by atoms with Gasteiger partial charge in [0.25, 0.3) is 5.91 Å². The summed E-state index contributed by atoms with van der Waals surface area (Å²) in [4.78, 5) is 28.3. The largest absolute Gasteiger partial charge is 0.465 e. The highest BCUT2D eigenvalue weighted by molar-refractivity contribution is 5.94. The molecule has 2 aromatic rings. The molecule has 2 aliphatic heterocycles. The number of carbonyl (C=O) groups is 2. The van der Waals surface area contributed by atoms with Crippen LogP contribution in [0.4, 0.5) is 0 Å². The van der Waals surface area contributed by atoms with Gasteiger partial charge in [-0.15, -0.1) is 0 Å². The van der Waals surface area contributed by atoms with Crippen LogP contribution in [0, 0.1) is 0 Å². The van der Waals surface area contributed by atoms with Gasteiger partial charge in [0.15, 0.2) is 0 Å². The van der Waals surface area contributed by atoms with Crippen molar-refractivity contribution >= 4 is 11.9 Å². The highest BCUT2D eigenvalue weighted by atomic mass is 16.5. The van der Waals surface area contributed by atoms with Gasteiger partial charge in [-0.25, -0.2) is 0 Å². The molecule has 2 fully saturated rings. The van der Waals surface area contributed by atoms with Crippen LogP contribution in [0.25, 0.3) is 0 Å². The number of carbonyl (C=O) groups excluding carboxylic acids is 2. The van der Waals surface area contributed by atoms with E-state index in [-0.39, 0.29) is 35.9 Å². The Kier molecular flexibility index (Phi) is 5.95. The number of piperidine rings is 1. The Bertz CT molecular complexity index is 840. The summed E-state index contributed by atoms with van der Waals surface area (Å²) in [5, 5.41) is 3.28. The molecule has 4 rings (SSSR count). The lowest BCUT2D eigenvalue weighted by molar-refractivity contribution is -0.149. The first-order valence-electron chi connectivity index (χ1n) is 10.5. The summed E-state index contributed by atoms with van der Waals surface area (Å²) < 4.78 is 5.47. The quantitative estimate of drug-likeness (QED) is 0.793. The van der Waals surface area contributed by atoms with Crippen LogP contribution in [-0.2, 0) is 9.53 Å². The number of benzene rings is 2. The van der Waals surface area contributed by atoms with Gasteiger partial charge < -0.3 is 10.1 Å². The molecule has 2 saturated heterocycles. The van der Waals surface area contributed by atoms with Crippen molar-refractivity contribution in [2.75, 3.05) is 13.2 Å². The minimum absolute atomic E-state index is 0.0911.